The average Bonchev–Trinajstić information content (AvgIpc) is 2.76. The van der Waals surface area contributed by atoms with Gasteiger partial charge in [-0.15, -0.1) is 10.2 Å². The molecule has 154 valence electrons. The molecule has 0 aliphatic rings. The number of hydrogen-bond donors (Lipinski definition) is 3. The van der Waals surface area contributed by atoms with Gasteiger partial charge in [-0.1, -0.05) is 65.7 Å². The highest BCUT2D eigenvalue weighted by Gasteiger charge is 2.19. The van der Waals surface area contributed by atoms with Gasteiger partial charge in [-0.05, 0) is 35.7 Å². The molecule has 31 heavy (non-hydrogen) atoms. The number of phenols is 2. The SMILES string of the molecule is O=C(Nc1ccccc1)c1cc2ccccc2c(N=Nc2cc(Cl)cc(Cl)c2O)c1O. The minimum absolute atomic E-state index is 0.0199. The summed E-state index contributed by atoms with van der Waals surface area (Å²) >= 11 is 11.9. The number of aromatic hydroxyl groups is 2. The van der Waals surface area contributed by atoms with Gasteiger partial charge in [-0.25, -0.2) is 0 Å². The van der Waals surface area contributed by atoms with E-state index in [4.69, 9.17) is 23.2 Å². The summed E-state index contributed by atoms with van der Waals surface area (Å²) in [5.41, 5.74) is 0.721. The van der Waals surface area contributed by atoms with Crippen LogP contribution in [-0.2, 0) is 0 Å². The van der Waals surface area contributed by atoms with Crippen molar-refractivity contribution in [2.75, 3.05) is 5.32 Å². The lowest BCUT2D eigenvalue weighted by Gasteiger charge is -2.11. The van der Waals surface area contributed by atoms with Crippen molar-refractivity contribution in [2.24, 2.45) is 10.2 Å². The fraction of sp³-hybridized carbons (Fsp3) is 0. The highest BCUT2D eigenvalue weighted by Crippen LogP contribution is 2.42. The van der Waals surface area contributed by atoms with Crippen LogP contribution < -0.4 is 5.32 Å². The molecule has 4 aromatic rings. The fourth-order valence-corrected chi connectivity index (χ4v) is 3.53. The Labute approximate surface area is 187 Å². The molecule has 0 aliphatic carbocycles. The number of azo groups is 1. The second kappa shape index (κ2) is 8.63. The van der Waals surface area contributed by atoms with Gasteiger partial charge in [-0.3, -0.25) is 4.79 Å². The second-order valence-electron chi connectivity index (χ2n) is 6.62. The fourth-order valence-electron chi connectivity index (χ4n) is 3.04. The number of nitrogens with one attached hydrogen (secondary N) is 1. The first-order valence-electron chi connectivity index (χ1n) is 9.15. The van der Waals surface area contributed by atoms with Crippen LogP contribution in [0, 0.1) is 0 Å². The number of phenolic OH excluding ortho intramolecular Hbond substituents is 2. The summed E-state index contributed by atoms with van der Waals surface area (Å²) in [6.07, 6.45) is 0. The number of nitrogens with zero attached hydrogens (tertiary/aromatic N) is 2. The molecule has 0 aliphatic heterocycles. The number of amides is 1. The van der Waals surface area contributed by atoms with E-state index in [0.717, 1.165) is 0 Å². The maximum Gasteiger partial charge on any atom is 0.259 e. The zero-order valence-corrected chi connectivity index (χ0v) is 17.4. The smallest absolute Gasteiger partial charge is 0.259 e. The Balaban J connectivity index is 1.81. The molecule has 8 heteroatoms. The van der Waals surface area contributed by atoms with Gasteiger partial charge in [0.25, 0.3) is 5.91 Å². The Hall–Kier alpha value is -3.61. The lowest BCUT2D eigenvalue weighted by atomic mass is 10.0. The number of anilines is 1. The van der Waals surface area contributed by atoms with Crippen molar-refractivity contribution >= 4 is 56.9 Å². The quantitative estimate of drug-likeness (QED) is 0.285. The summed E-state index contributed by atoms with van der Waals surface area (Å²) in [5.74, 6) is -1.14. The second-order valence-corrected chi connectivity index (χ2v) is 7.46. The topological polar surface area (TPSA) is 94.3 Å². The van der Waals surface area contributed by atoms with Gasteiger partial charge in [0.2, 0.25) is 0 Å². The Morgan fingerprint density at radius 2 is 1.55 bits per heavy atom. The number of halogens is 2. The van der Waals surface area contributed by atoms with E-state index in [1.165, 1.54) is 12.1 Å². The van der Waals surface area contributed by atoms with Gasteiger partial charge in [0.1, 0.15) is 11.4 Å². The van der Waals surface area contributed by atoms with E-state index in [2.05, 4.69) is 15.5 Å². The third-order valence-corrected chi connectivity index (χ3v) is 5.04. The Morgan fingerprint density at radius 3 is 2.32 bits per heavy atom. The zero-order chi connectivity index (χ0) is 22.0. The number of benzene rings is 4. The molecule has 0 saturated carbocycles. The highest BCUT2D eigenvalue weighted by atomic mass is 35.5. The van der Waals surface area contributed by atoms with Crippen molar-refractivity contribution in [1.82, 2.24) is 0 Å². The van der Waals surface area contributed by atoms with E-state index in [0.29, 0.717) is 16.5 Å². The number of fused-ring (bicyclic) bond motifs is 1. The molecule has 6 nitrogen and oxygen atoms in total. The zero-order valence-electron chi connectivity index (χ0n) is 15.9. The number of para-hydroxylation sites is 1. The van der Waals surface area contributed by atoms with Crippen molar-refractivity contribution in [3.05, 3.63) is 88.4 Å². The number of carbonyl (C=O) groups excluding carboxylic acids is 1. The Kier molecular flexibility index (Phi) is 5.75. The molecule has 4 aromatic carbocycles. The van der Waals surface area contributed by atoms with Gasteiger partial charge in [-0.2, -0.15) is 0 Å². The van der Waals surface area contributed by atoms with Crippen LogP contribution in [0.25, 0.3) is 10.8 Å². The molecule has 0 heterocycles. The Morgan fingerprint density at radius 1 is 0.839 bits per heavy atom. The normalized spacial score (nSPS) is 11.2. The average molecular weight is 452 g/mol. The first-order valence-corrected chi connectivity index (χ1v) is 9.90. The molecule has 0 bridgehead atoms. The van der Waals surface area contributed by atoms with Gasteiger partial charge in [0.05, 0.1) is 10.6 Å². The predicted molar refractivity (Wildman–Crippen MR) is 122 cm³/mol. The van der Waals surface area contributed by atoms with Crippen LogP contribution in [-0.4, -0.2) is 16.1 Å². The number of carbonyl (C=O) groups is 1. The molecule has 0 unspecified atom stereocenters. The van der Waals surface area contributed by atoms with Crippen molar-refractivity contribution in [2.45, 2.75) is 0 Å². The van der Waals surface area contributed by atoms with Gasteiger partial charge >= 0.3 is 0 Å². The third-order valence-electron chi connectivity index (χ3n) is 4.54. The molecule has 0 saturated heterocycles. The standard InChI is InChI=1S/C23H15Cl2N3O3/c24-14-11-18(25)22(30)19(12-14)27-28-20-16-9-5-4-6-13(16)10-17(21(20)29)23(31)26-15-7-2-1-3-8-15/h1-12,29-30H,(H,26,31). The third kappa shape index (κ3) is 4.30. The summed E-state index contributed by atoms with van der Waals surface area (Å²) in [4.78, 5) is 12.8. The molecule has 3 N–H and O–H groups in total. The van der Waals surface area contributed by atoms with E-state index < -0.39 is 5.91 Å². The molecule has 4 rings (SSSR count). The lowest BCUT2D eigenvalue weighted by Crippen LogP contribution is -2.12. The van der Waals surface area contributed by atoms with Gasteiger partial charge < -0.3 is 15.5 Å². The van der Waals surface area contributed by atoms with Gasteiger partial charge in [0.15, 0.2) is 11.5 Å². The monoisotopic (exact) mass is 451 g/mol. The first kappa shape index (κ1) is 20.7. The van der Waals surface area contributed by atoms with Crippen LogP contribution in [0.3, 0.4) is 0 Å². The summed E-state index contributed by atoms with van der Waals surface area (Å²) in [6, 6.07) is 20.3. The molecule has 1 amide bonds. The number of hydrogen-bond acceptors (Lipinski definition) is 5. The molecule has 0 spiro atoms. The van der Waals surface area contributed by atoms with E-state index in [1.807, 2.05) is 12.1 Å². The molecule has 0 atom stereocenters. The van der Waals surface area contributed by atoms with Crippen LogP contribution in [0.1, 0.15) is 10.4 Å². The largest absolute Gasteiger partial charge is 0.505 e. The van der Waals surface area contributed by atoms with Crippen LogP contribution >= 0.6 is 23.2 Å². The minimum Gasteiger partial charge on any atom is -0.505 e. The lowest BCUT2D eigenvalue weighted by molar-refractivity contribution is 0.102. The first-order chi connectivity index (χ1) is 14.9. The molecule has 0 radical (unpaired) electrons. The van der Waals surface area contributed by atoms with E-state index in [1.54, 1.807) is 48.5 Å². The van der Waals surface area contributed by atoms with E-state index in [-0.39, 0.29) is 38.5 Å². The highest BCUT2D eigenvalue weighted by molar-refractivity contribution is 6.36. The van der Waals surface area contributed by atoms with Crippen molar-refractivity contribution in [3.63, 3.8) is 0 Å². The number of rotatable bonds is 4. The molecular weight excluding hydrogens is 437 g/mol. The summed E-state index contributed by atoms with van der Waals surface area (Å²) < 4.78 is 0. The minimum atomic E-state index is -0.500. The summed E-state index contributed by atoms with van der Waals surface area (Å²) in [7, 11) is 0. The van der Waals surface area contributed by atoms with Crippen molar-refractivity contribution in [1.29, 1.82) is 0 Å². The summed E-state index contributed by atoms with van der Waals surface area (Å²) in [5, 5.41) is 33.4. The predicted octanol–water partition coefficient (Wildman–Crippen LogP) is 7.23. The van der Waals surface area contributed by atoms with Crippen molar-refractivity contribution < 1.29 is 15.0 Å². The van der Waals surface area contributed by atoms with E-state index >= 15 is 0 Å². The Bertz CT molecular complexity index is 1320. The molecule has 0 fully saturated rings. The van der Waals surface area contributed by atoms with E-state index in [9.17, 15) is 15.0 Å². The maximum atomic E-state index is 12.8. The van der Waals surface area contributed by atoms with Crippen LogP contribution in [0.15, 0.2) is 83.0 Å². The van der Waals surface area contributed by atoms with Crippen LogP contribution in [0.4, 0.5) is 17.1 Å². The van der Waals surface area contributed by atoms with Crippen LogP contribution in [0.2, 0.25) is 10.0 Å². The molecule has 0 aromatic heterocycles. The van der Waals surface area contributed by atoms with Crippen LogP contribution in [0.5, 0.6) is 11.5 Å². The maximum absolute atomic E-state index is 12.8. The molecular formula is C23H15Cl2N3O3. The van der Waals surface area contributed by atoms with Crippen molar-refractivity contribution in [3.8, 4) is 11.5 Å². The summed E-state index contributed by atoms with van der Waals surface area (Å²) in [6.45, 7) is 0. The van der Waals surface area contributed by atoms with Gasteiger partial charge in [0, 0.05) is 16.1 Å².